The fraction of sp³-hybridized carbons (Fsp3) is 0.214. The quantitative estimate of drug-likeness (QED) is 0.237. The number of pyridine rings is 1. The van der Waals surface area contributed by atoms with Crippen LogP contribution in [0.15, 0.2) is 72.9 Å². The number of para-hydroxylation sites is 1. The molecule has 0 N–H and O–H groups in total. The topological polar surface area (TPSA) is 80.6 Å². The Morgan fingerprint density at radius 1 is 0.947 bits per heavy atom. The molecule has 194 valence electrons. The third-order valence-electron chi connectivity index (χ3n) is 6.34. The number of ether oxygens (including phenoxy) is 1. The fourth-order valence-electron chi connectivity index (χ4n) is 4.39. The van der Waals surface area contributed by atoms with Crippen molar-refractivity contribution in [2.24, 2.45) is 0 Å². The van der Waals surface area contributed by atoms with Gasteiger partial charge >= 0.3 is 5.97 Å². The molecule has 0 saturated carbocycles. The molecule has 1 aliphatic heterocycles. The smallest absolute Gasteiger partial charge is 0.358 e. The van der Waals surface area contributed by atoms with E-state index in [9.17, 15) is 9.59 Å². The van der Waals surface area contributed by atoms with Gasteiger partial charge in [0.25, 0.3) is 5.91 Å². The van der Waals surface area contributed by atoms with Gasteiger partial charge in [0.2, 0.25) is 0 Å². The molecule has 0 bridgehead atoms. The highest BCUT2D eigenvalue weighted by Gasteiger charge is 2.23. The van der Waals surface area contributed by atoms with Crippen molar-refractivity contribution in [3.05, 3.63) is 94.4 Å². The summed E-state index contributed by atoms with van der Waals surface area (Å²) in [6.45, 7) is 4.63. The molecular formula is C28H25Cl2N5O3. The maximum Gasteiger partial charge on any atom is 0.358 e. The second kappa shape index (κ2) is 11.2. The number of esters is 1. The van der Waals surface area contributed by atoms with Crippen molar-refractivity contribution < 1.29 is 14.3 Å². The molecule has 10 heteroatoms. The van der Waals surface area contributed by atoms with E-state index in [0.29, 0.717) is 47.6 Å². The third-order valence-corrected chi connectivity index (χ3v) is 6.89. The van der Waals surface area contributed by atoms with Gasteiger partial charge in [-0.25, -0.2) is 14.5 Å². The number of aromatic nitrogens is 3. The Morgan fingerprint density at radius 2 is 1.68 bits per heavy atom. The number of anilines is 1. The molecule has 4 aromatic rings. The monoisotopic (exact) mass is 549 g/mol. The van der Waals surface area contributed by atoms with Crippen molar-refractivity contribution in [2.75, 3.05) is 37.7 Å². The van der Waals surface area contributed by atoms with Crippen LogP contribution in [0, 0.1) is 0 Å². The molecule has 1 aliphatic rings. The normalized spacial score (nSPS) is 13.4. The van der Waals surface area contributed by atoms with Gasteiger partial charge in [0.15, 0.2) is 5.69 Å². The average Bonchev–Trinajstić information content (AvgIpc) is 3.39. The zero-order valence-electron chi connectivity index (χ0n) is 20.7. The predicted octanol–water partition coefficient (Wildman–Crippen LogP) is 5.38. The minimum absolute atomic E-state index is 0.0468. The lowest BCUT2D eigenvalue weighted by molar-refractivity contribution is 0.0518. The molecule has 38 heavy (non-hydrogen) atoms. The van der Waals surface area contributed by atoms with E-state index in [4.69, 9.17) is 27.9 Å². The molecule has 3 heterocycles. The first-order chi connectivity index (χ1) is 18.4. The van der Waals surface area contributed by atoms with Gasteiger partial charge in [-0.05, 0) is 49.4 Å². The molecule has 0 atom stereocenters. The summed E-state index contributed by atoms with van der Waals surface area (Å²) >= 11 is 12.3. The summed E-state index contributed by atoms with van der Waals surface area (Å²) in [6.07, 6.45) is 1.51. The van der Waals surface area contributed by atoms with Crippen LogP contribution in [0.5, 0.6) is 0 Å². The number of carbonyl (C=O) groups is 2. The number of benzene rings is 2. The largest absolute Gasteiger partial charge is 0.461 e. The van der Waals surface area contributed by atoms with Gasteiger partial charge in [0, 0.05) is 43.6 Å². The van der Waals surface area contributed by atoms with Crippen molar-refractivity contribution in [2.45, 2.75) is 6.92 Å². The minimum atomic E-state index is -0.488. The second-order valence-corrected chi connectivity index (χ2v) is 9.49. The first-order valence-electron chi connectivity index (χ1n) is 12.2. The van der Waals surface area contributed by atoms with Crippen LogP contribution in [0.3, 0.4) is 0 Å². The number of halogens is 2. The Labute approximate surface area is 230 Å². The van der Waals surface area contributed by atoms with E-state index in [2.05, 4.69) is 15.0 Å². The van der Waals surface area contributed by atoms with Gasteiger partial charge in [-0.15, -0.1) is 0 Å². The number of carbonyl (C=O) groups excluding carboxylic acids is 2. The molecular weight excluding hydrogens is 525 g/mol. The van der Waals surface area contributed by atoms with Gasteiger partial charge in [-0.2, -0.15) is 5.10 Å². The third kappa shape index (κ3) is 5.37. The average molecular weight is 550 g/mol. The van der Waals surface area contributed by atoms with E-state index in [0.717, 1.165) is 16.9 Å². The van der Waals surface area contributed by atoms with Gasteiger partial charge in [0.1, 0.15) is 5.15 Å². The van der Waals surface area contributed by atoms with Gasteiger partial charge in [0.05, 0.1) is 28.6 Å². The molecule has 2 aromatic carbocycles. The minimum Gasteiger partial charge on any atom is -0.461 e. The molecule has 0 spiro atoms. The van der Waals surface area contributed by atoms with Crippen LogP contribution in [-0.4, -0.2) is 64.3 Å². The van der Waals surface area contributed by atoms with Crippen LogP contribution in [-0.2, 0) is 4.74 Å². The van der Waals surface area contributed by atoms with Gasteiger partial charge in [-0.1, -0.05) is 47.5 Å². The molecule has 5 rings (SSSR count). The summed E-state index contributed by atoms with van der Waals surface area (Å²) in [6, 6.07) is 20.4. The van der Waals surface area contributed by atoms with Crippen LogP contribution in [0.25, 0.3) is 16.9 Å². The lowest BCUT2D eigenvalue weighted by atomic mass is 10.1. The molecule has 8 nitrogen and oxygen atoms in total. The molecule has 0 aliphatic carbocycles. The Kier molecular flexibility index (Phi) is 7.62. The highest BCUT2D eigenvalue weighted by molar-refractivity contribution is 6.32. The summed E-state index contributed by atoms with van der Waals surface area (Å²) in [5.41, 5.74) is 4.05. The van der Waals surface area contributed by atoms with Crippen LogP contribution in [0.1, 0.15) is 27.8 Å². The van der Waals surface area contributed by atoms with Crippen LogP contribution in [0.4, 0.5) is 5.69 Å². The van der Waals surface area contributed by atoms with E-state index in [1.807, 2.05) is 47.4 Å². The lowest BCUT2D eigenvalue weighted by Crippen LogP contribution is -2.48. The zero-order chi connectivity index (χ0) is 26.6. The molecule has 0 radical (unpaired) electrons. The predicted molar refractivity (Wildman–Crippen MR) is 147 cm³/mol. The molecule has 0 unspecified atom stereocenters. The number of hydrogen-bond donors (Lipinski definition) is 0. The van der Waals surface area contributed by atoms with E-state index in [-0.39, 0.29) is 18.2 Å². The lowest BCUT2D eigenvalue weighted by Gasteiger charge is -2.36. The standard InChI is InChI=1S/C28H25Cl2N5O3/c1-2-38-28(37)23-17-25(35(32-23)24-6-4-3-5-22(24)29)19-7-10-21(11-8-19)33-13-15-34(16-14-33)27(36)20-9-12-26(30)31-18-20/h3-12,17-18H,2,13-16H2,1H3. The fourth-order valence-corrected chi connectivity index (χ4v) is 4.72. The van der Waals surface area contributed by atoms with Gasteiger partial charge in [-0.3, -0.25) is 4.79 Å². The van der Waals surface area contributed by atoms with E-state index >= 15 is 0 Å². The number of nitrogens with zero attached hydrogens (tertiary/aromatic N) is 5. The first-order valence-corrected chi connectivity index (χ1v) is 13.0. The van der Waals surface area contributed by atoms with Crippen molar-refractivity contribution in [3.8, 4) is 16.9 Å². The van der Waals surface area contributed by atoms with Crippen molar-refractivity contribution in [1.29, 1.82) is 0 Å². The summed E-state index contributed by atoms with van der Waals surface area (Å²) in [5, 5.41) is 5.38. The maximum atomic E-state index is 12.8. The molecule has 1 fully saturated rings. The second-order valence-electron chi connectivity index (χ2n) is 8.69. The highest BCUT2D eigenvalue weighted by Crippen LogP contribution is 2.30. The summed E-state index contributed by atoms with van der Waals surface area (Å²) < 4.78 is 6.83. The molecule has 1 saturated heterocycles. The zero-order valence-corrected chi connectivity index (χ0v) is 22.2. The van der Waals surface area contributed by atoms with Crippen molar-refractivity contribution >= 4 is 40.8 Å². The summed E-state index contributed by atoms with van der Waals surface area (Å²) in [5.74, 6) is -0.535. The molecule has 2 aromatic heterocycles. The SMILES string of the molecule is CCOC(=O)c1cc(-c2ccc(N3CCN(C(=O)c4ccc(Cl)nc4)CC3)cc2)n(-c2ccccc2Cl)n1. The maximum absolute atomic E-state index is 12.8. The van der Waals surface area contributed by atoms with E-state index in [1.165, 1.54) is 6.20 Å². The summed E-state index contributed by atoms with van der Waals surface area (Å²) in [7, 11) is 0. The number of amides is 1. The van der Waals surface area contributed by atoms with Gasteiger partial charge < -0.3 is 14.5 Å². The van der Waals surface area contributed by atoms with Crippen LogP contribution in [0.2, 0.25) is 10.2 Å². The Morgan fingerprint density at radius 3 is 2.34 bits per heavy atom. The number of piperazine rings is 1. The summed E-state index contributed by atoms with van der Waals surface area (Å²) in [4.78, 5) is 33.3. The number of hydrogen-bond acceptors (Lipinski definition) is 6. The van der Waals surface area contributed by atoms with Crippen molar-refractivity contribution in [3.63, 3.8) is 0 Å². The van der Waals surface area contributed by atoms with Crippen LogP contribution >= 0.6 is 23.2 Å². The van der Waals surface area contributed by atoms with Crippen LogP contribution < -0.4 is 4.90 Å². The Bertz CT molecular complexity index is 1450. The van der Waals surface area contributed by atoms with E-state index in [1.54, 1.807) is 35.9 Å². The number of rotatable bonds is 6. The Hall–Kier alpha value is -3.88. The van der Waals surface area contributed by atoms with Crippen molar-refractivity contribution in [1.82, 2.24) is 19.7 Å². The highest BCUT2D eigenvalue weighted by atomic mass is 35.5. The molecule has 1 amide bonds. The Balaban J connectivity index is 1.34. The van der Waals surface area contributed by atoms with E-state index < -0.39 is 5.97 Å². The first kappa shape index (κ1) is 25.8.